The maximum absolute atomic E-state index is 13.8. The van der Waals surface area contributed by atoms with Crippen molar-refractivity contribution in [1.29, 1.82) is 0 Å². The van der Waals surface area contributed by atoms with Gasteiger partial charge in [0.15, 0.2) is 0 Å². The average molecular weight is 540 g/mol. The van der Waals surface area contributed by atoms with E-state index in [9.17, 15) is 9.59 Å². The van der Waals surface area contributed by atoms with Crippen molar-refractivity contribution in [3.8, 4) is 5.69 Å². The SMILES string of the molecule is Cc1cc(/C=N\N2C(=O)[C@@H]3C4c5ccccc5C(c5ccccc54)[C@@H]3C2=O)c(C)n1-c1ccc(Cl)c(Cl)c1. The van der Waals surface area contributed by atoms with Crippen molar-refractivity contribution in [2.24, 2.45) is 16.9 Å². The summed E-state index contributed by atoms with van der Waals surface area (Å²) in [6.07, 6.45) is 1.62. The van der Waals surface area contributed by atoms with E-state index in [0.29, 0.717) is 10.0 Å². The highest BCUT2D eigenvalue weighted by Gasteiger charge is 2.61. The van der Waals surface area contributed by atoms with Gasteiger partial charge in [-0.25, -0.2) is 0 Å². The van der Waals surface area contributed by atoms with Crippen molar-refractivity contribution in [1.82, 2.24) is 9.58 Å². The second-order valence-electron chi connectivity index (χ2n) is 10.3. The number of hydrazone groups is 1. The molecule has 1 aliphatic heterocycles. The molecule has 0 radical (unpaired) electrons. The lowest BCUT2D eigenvalue weighted by Gasteiger charge is -2.45. The van der Waals surface area contributed by atoms with Crippen molar-refractivity contribution in [2.45, 2.75) is 25.7 Å². The van der Waals surface area contributed by atoms with Gasteiger partial charge in [-0.2, -0.15) is 10.1 Å². The first-order chi connectivity index (χ1) is 18.4. The first-order valence-corrected chi connectivity index (χ1v) is 13.4. The summed E-state index contributed by atoms with van der Waals surface area (Å²) in [6.45, 7) is 3.96. The number of carbonyl (C=O) groups excluding carboxylic acids is 2. The minimum Gasteiger partial charge on any atom is -0.318 e. The van der Waals surface area contributed by atoms with Gasteiger partial charge in [-0.3, -0.25) is 9.59 Å². The van der Waals surface area contributed by atoms with Gasteiger partial charge in [-0.05, 0) is 60.4 Å². The first-order valence-electron chi connectivity index (χ1n) is 12.6. The maximum Gasteiger partial charge on any atom is 0.254 e. The fourth-order valence-electron chi connectivity index (χ4n) is 6.84. The molecule has 2 heterocycles. The van der Waals surface area contributed by atoms with E-state index < -0.39 is 11.8 Å². The highest BCUT2D eigenvalue weighted by atomic mass is 35.5. The number of rotatable bonds is 3. The van der Waals surface area contributed by atoms with Gasteiger partial charge in [-0.15, -0.1) is 0 Å². The molecule has 188 valence electrons. The molecule has 4 aromatic rings. The number of amides is 2. The van der Waals surface area contributed by atoms with E-state index in [-0.39, 0.29) is 23.7 Å². The Balaban J connectivity index is 1.26. The summed E-state index contributed by atoms with van der Waals surface area (Å²) in [5.41, 5.74) is 8.17. The van der Waals surface area contributed by atoms with Crippen LogP contribution in [0.3, 0.4) is 0 Å². The second kappa shape index (κ2) is 8.42. The van der Waals surface area contributed by atoms with Crippen LogP contribution in [0, 0.1) is 25.7 Å². The lowest BCUT2D eigenvalue weighted by Crippen LogP contribution is -2.41. The predicted octanol–water partition coefficient (Wildman–Crippen LogP) is 6.63. The van der Waals surface area contributed by atoms with Gasteiger partial charge < -0.3 is 4.57 Å². The van der Waals surface area contributed by atoms with E-state index in [2.05, 4.69) is 29.4 Å². The number of imide groups is 1. The zero-order chi connectivity index (χ0) is 26.3. The molecule has 2 atom stereocenters. The zero-order valence-electron chi connectivity index (χ0n) is 20.7. The Morgan fingerprint density at radius 1 is 0.737 bits per heavy atom. The number of benzene rings is 3. The topological polar surface area (TPSA) is 54.7 Å². The molecule has 1 aromatic heterocycles. The molecule has 0 N–H and O–H groups in total. The van der Waals surface area contributed by atoms with Gasteiger partial charge in [0, 0.05) is 34.5 Å². The Morgan fingerprint density at radius 2 is 1.26 bits per heavy atom. The van der Waals surface area contributed by atoms with Crippen molar-refractivity contribution < 1.29 is 9.59 Å². The molecule has 0 spiro atoms. The third-order valence-electron chi connectivity index (χ3n) is 8.37. The number of aromatic nitrogens is 1. The summed E-state index contributed by atoms with van der Waals surface area (Å²) in [5, 5.41) is 6.56. The van der Waals surface area contributed by atoms with Crippen molar-refractivity contribution in [2.75, 3.05) is 0 Å². The molecule has 7 heteroatoms. The van der Waals surface area contributed by atoms with Crippen LogP contribution < -0.4 is 0 Å². The standard InChI is InChI=1S/C31H23Cl2N3O2/c1-16-13-18(17(2)35(16)19-11-12-24(32)25(33)14-19)15-34-36-30(37)28-26-20-7-3-4-8-21(20)27(29(28)31(36)38)23-10-6-5-9-22(23)26/h3-15,26-29H,1-2H3/b34-15-/t26?,27?,28-,29+. The fourth-order valence-corrected chi connectivity index (χ4v) is 7.13. The van der Waals surface area contributed by atoms with E-state index in [4.69, 9.17) is 23.2 Å². The summed E-state index contributed by atoms with van der Waals surface area (Å²) in [5.74, 6) is -1.64. The minimum atomic E-state index is -0.446. The Morgan fingerprint density at radius 3 is 1.76 bits per heavy atom. The van der Waals surface area contributed by atoms with Crippen LogP contribution in [0.4, 0.5) is 0 Å². The van der Waals surface area contributed by atoms with Crippen molar-refractivity contribution in [3.63, 3.8) is 0 Å². The summed E-state index contributed by atoms with van der Waals surface area (Å²) >= 11 is 12.4. The third kappa shape index (κ3) is 3.15. The largest absolute Gasteiger partial charge is 0.318 e. The molecule has 5 nitrogen and oxygen atoms in total. The van der Waals surface area contributed by atoms with Crippen LogP contribution in [-0.4, -0.2) is 27.6 Å². The Hall–Kier alpha value is -3.67. The molecule has 3 aromatic carbocycles. The second-order valence-corrected chi connectivity index (χ2v) is 11.1. The van der Waals surface area contributed by atoms with Crippen LogP contribution in [0.2, 0.25) is 10.0 Å². The number of nitrogens with zero attached hydrogens (tertiary/aromatic N) is 3. The quantitative estimate of drug-likeness (QED) is 0.217. The van der Waals surface area contributed by atoms with Crippen LogP contribution in [0.5, 0.6) is 0 Å². The fraction of sp³-hybridized carbons (Fsp3) is 0.194. The van der Waals surface area contributed by atoms with E-state index in [1.54, 1.807) is 12.3 Å². The van der Waals surface area contributed by atoms with Crippen LogP contribution in [0.1, 0.15) is 51.0 Å². The van der Waals surface area contributed by atoms with Gasteiger partial charge in [0.25, 0.3) is 11.8 Å². The molecule has 3 aliphatic carbocycles. The third-order valence-corrected chi connectivity index (χ3v) is 9.11. The molecule has 8 rings (SSSR count). The Kier molecular flexibility index (Phi) is 5.19. The smallest absolute Gasteiger partial charge is 0.254 e. The first kappa shape index (κ1) is 23.4. The number of aryl methyl sites for hydroxylation is 1. The van der Waals surface area contributed by atoms with Crippen LogP contribution in [0.25, 0.3) is 5.69 Å². The molecule has 1 fully saturated rings. The van der Waals surface area contributed by atoms with Gasteiger partial charge >= 0.3 is 0 Å². The molecule has 2 amide bonds. The molecule has 0 unspecified atom stereocenters. The van der Waals surface area contributed by atoms with Crippen LogP contribution >= 0.6 is 23.2 Å². The average Bonchev–Trinajstić information content (AvgIpc) is 3.35. The zero-order valence-corrected chi connectivity index (χ0v) is 22.2. The number of carbonyl (C=O) groups is 2. The summed E-state index contributed by atoms with van der Waals surface area (Å²) in [7, 11) is 0. The van der Waals surface area contributed by atoms with E-state index >= 15 is 0 Å². The molecule has 0 saturated carbocycles. The molecule has 2 bridgehead atoms. The monoisotopic (exact) mass is 539 g/mol. The highest BCUT2D eigenvalue weighted by molar-refractivity contribution is 6.42. The summed E-state index contributed by atoms with van der Waals surface area (Å²) in [4.78, 5) is 27.6. The summed E-state index contributed by atoms with van der Waals surface area (Å²) in [6, 6.07) is 23.9. The molecule has 38 heavy (non-hydrogen) atoms. The molecular weight excluding hydrogens is 517 g/mol. The maximum atomic E-state index is 13.8. The van der Waals surface area contributed by atoms with Crippen LogP contribution in [0.15, 0.2) is 77.9 Å². The predicted molar refractivity (Wildman–Crippen MR) is 148 cm³/mol. The Labute approximate surface area is 230 Å². The van der Waals surface area contributed by atoms with E-state index in [0.717, 1.165) is 49.9 Å². The molecule has 4 aliphatic rings. The van der Waals surface area contributed by atoms with Gasteiger partial charge in [-0.1, -0.05) is 71.7 Å². The number of hydrogen-bond acceptors (Lipinski definition) is 3. The number of halogens is 2. The van der Waals surface area contributed by atoms with Crippen molar-refractivity contribution >= 4 is 41.2 Å². The van der Waals surface area contributed by atoms with Crippen LogP contribution in [-0.2, 0) is 9.59 Å². The Bertz CT molecular complexity index is 1590. The van der Waals surface area contributed by atoms with E-state index in [1.807, 2.05) is 60.9 Å². The highest BCUT2D eigenvalue weighted by Crippen LogP contribution is 2.60. The molecule has 1 saturated heterocycles. The van der Waals surface area contributed by atoms with Gasteiger partial charge in [0.2, 0.25) is 0 Å². The number of hydrogen-bond donors (Lipinski definition) is 0. The summed E-state index contributed by atoms with van der Waals surface area (Å²) < 4.78 is 2.05. The lowest BCUT2D eigenvalue weighted by molar-refractivity contribution is -0.139. The lowest BCUT2D eigenvalue weighted by atomic mass is 9.55. The molecular formula is C31H23Cl2N3O2. The normalized spacial score (nSPS) is 23.2. The van der Waals surface area contributed by atoms with Crippen molar-refractivity contribution in [3.05, 3.63) is 122 Å². The van der Waals surface area contributed by atoms with Gasteiger partial charge in [0.1, 0.15) is 0 Å². The van der Waals surface area contributed by atoms with Gasteiger partial charge in [0.05, 0.1) is 28.1 Å². The van der Waals surface area contributed by atoms with E-state index in [1.165, 1.54) is 0 Å². The minimum absolute atomic E-state index is 0.145.